The van der Waals surface area contributed by atoms with Gasteiger partial charge in [-0.15, -0.1) is 0 Å². The molecular formula is C12H17ClFNO3S. The smallest absolute Gasteiger partial charge is 0.242 e. The summed E-state index contributed by atoms with van der Waals surface area (Å²) in [6.45, 7) is 3.70. The Kier molecular flexibility index (Phi) is 5.73. The number of aliphatic hydroxyl groups is 1. The predicted octanol–water partition coefficient (Wildman–Crippen LogP) is 2.16. The molecule has 0 radical (unpaired) electrons. The van der Waals surface area contributed by atoms with Crippen LogP contribution in [0.4, 0.5) is 4.39 Å². The summed E-state index contributed by atoms with van der Waals surface area (Å²) < 4.78 is 39.1. The van der Waals surface area contributed by atoms with E-state index in [-0.39, 0.29) is 22.4 Å². The van der Waals surface area contributed by atoms with Gasteiger partial charge in [0.1, 0.15) is 10.7 Å². The number of sulfonamides is 1. The third kappa shape index (κ3) is 5.06. The number of benzene rings is 1. The van der Waals surface area contributed by atoms with Crippen LogP contribution in [0, 0.1) is 11.7 Å². The second kappa shape index (κ2) is 6.65. The maximum atomic E-state index is 13.0. The minimum Gasteiger partial charge on any atom is -0.392 e. The van der Waals surface area contributed by atoms with Crippen molar-refractivity contribution in [1.82, 2.24) is 4.72 Å². The molecule has 4 nitrogen and oxygen atoms in total. The molecule has 0 saturated carbocycles. The molecule has 1 rings (SSSR count). The lowest BCUT2D eigenvalue weighted by Crippen LogP contribution is -2.33. The van der Waals surface area contributed by atoms with Crippen LogP contribution in [0.5, 0.6) is 0 Å². The molecule has 1 unspecified atom stereocenters. The van der Waals surface area contributed by atoms with Crippen molar-refractivity contribution in [3.05, 3.63) is 29.0 Å². The van der Waals surface area contributed by atoms with Crippen LogP contribution < -0.4 is 4.72 Å². The summed E-state index contributed by atoms with van der Waals surface area (Å²) >= 11 is 5.73. The first-order valence-electron chi connectivity index (χ1n) is 5.85. The maximum absolute atomic E-state index is 13.0. The summed E-state index contributed by atoms with van der Waals surface area (Å²) in [4.78, 5) is -0.328. The lowest BCUT2D eigenvalue weighted by atomic mass is 10.1. The second-order valence-corrected chi connectivity index (χ2v) is 6.85. The normalized spacial score (nSPS) is 13.8. The molecule has 1 aromatic rings. The summed E-state index contributed by atoms with van der Waals surface area (Å²) in [6.07, 6.45) is -0.318. The highest BCUT2D eigenvalue weighted by Gasteiger charge is 2.20. The van der Waals surface area contributed by atoms with Crippen LogP contribution in [-0.2, 0) is 10.0 Å². The van der Waals surface area contributed by atoms with Gasteiger partial charge < -0.3 is 5.11 Å². The van der Waals surface area contributed by atoms with Crippen molar-refractivity contribution >= 4 is 21.6 Å². The largest absolute Gasteiger partial charge is 0.392 e. The molecule has 19 heavy (non-hydrogen) atoms. The molecule has 0 heterocycles. The number of hydrogen-bond acceptors (Lipinski definition) is 3. The highest BCUT2D eigenvalue weighted by atomic mass is 35.5. The van der Waals surface area contributed by atoms with E-state index in [9.17, 15) is 17.9 Å². The predicted molar refractivity (Wildman–Crippen MR) is 72.1 cm³/mol. The van der Waals surface area contributed by atoms with Gasteiger partial charge in [-0.05, 0) is 30.5 Å². The quantitative estimate of drug-likeness (QED) is 0.846. The van der Waals surface area contributed by atoms with Crippen molar-refractivity contribution in [1.29, 1.82) is 0 Å². The highest BCUT2D eigenvalue weighted by Crippen LogP contribution is 2.22. The van der Waals surface area contributed by atoms with E-state index in [0.717, 1.165) is 12.1 Å². The van der Waals surface area contributed by atoms with Crippen LogP contribution in [0.25, 0.3) is 0 Å². The third-order valence-electron chi connectivity index (χ3n) is 2.44. The fraction of sp³-hybridized carbons (Fsp3) is 0.500. The SMILES string of the molecule is CC(C)CC(O)CNS(=O)(=O)c1cc(F)ccc1Cl. The molecule has 0 bridgehead atoms. The van der Waals surface area contributed by atoms with Gasteiger partial charge in [-0.3, -0.25) is 0 Å². The molecule has 108 valence electrons. The number of aliphatic hydroxyl groups excluding tert-OH is 1. The fourth-order valence-corrected chi connectivity index (χ4v) is 3.18. The summed E-state index contributed by atoms with van der Waals surface area (Å²) in [5.41, 5.74) is 0. The first-order valence-corrected chi connectivity index (χ1v) is 7.71. The van der Waals surface area contributed by atoms with E-state index in [1.165, 1.54) is 6.07 Å². The minimum atomic E-state index is -3.93. The Bertz CT molecular complexity index is 534. The third-order valence-corrected chi connectivity index (χ3v) is 4.34. The van der Waals surface area contributed by atoms with Crippen molar-refractivity contribution in [2.24, 2.45) is 5.92 Å². The van der Waals surface area contributed by atoms with Crippen LogP contribution in [0.1, 0.15) is 20.3 Å². The van der Waals surface area contributed by atoms with Gasteiger partial charge in [0.25, 0.3) is 0 Å². The van der Waals surface area contributed by atoms with E-state index < -0.39 is 21.9 Å². The van der Waals surface area contributed by atoms with Crippen LogP contribution >= 0.6 is 11.6 Å². The molecule has 2 N–H and O–H groups in total. The summed E-state index contributed by atoms with van der Waals surface area (Å²) in [6, 6.07) is 3.10. The fourth-order valence-electron chi connectivity index (χ4n) is 1.59. The Labute approximate surface area is 117 Å². The van der Waals surface area contributed by atoms with E-state index >= 15 is 0 Å². The molecule has 0 aromatic heterocycles. The highest BCUT2D eigenvalue weighted by molar-refractivity contribution is 7.89. The van der Waals surface area contributed by atoms with Crippen LogP contribution in [-0.4, -0.2) is 26.2 Å². The number of rotatable bonds is 6. The van der Waals surface area contributed by atoms with Crippen molar-refractivity contribution in [2.75, 3.05) is 6.54 Å². The number of halogens is 2. The topological polar surface area (TPSA) is 66.4 Å². The summed E-state index contributed by atoms with van der Waals surface area (Å²) in [5, 5.41) is 9.56. The molecule has 0 aliphatic heterocycles. The number of nitrogens with one attached hydrogen (secondary N) is 1. The molecule has 0 fully saturated rings. The standard InChI is InChI=1S/C12H17ClFNO3S/c1-8(2)5-10(16)7-15-19(17,18)12-6-9(14)3-4-11(12)13/h3-4,6,8,10,15-16H,5,7H2,1-2H3. The Hall–Kier alpha value is -0.690. The van der Waals surface area contributed by atoms with Crippen molar-refractivity contribution in [3.8, 4) is 0 Å². The van der Waals surface area contributed by atoms with E-state index in [2.05, 4.69) is 4.72 Å². The summed E-state index contributed by atoms with van der Waals surface area (Å²) in [5.74, 6) is -0.440. The molecule has 0 aliphatic rings. The van der Waals surface area contributed by atoms with Gasteiger partial charge in [0.05, 0.1) is 11.1 Å². The minimum absolute atomic E-state index is 0.0627. The second-order valence-electron chi connectivity index (χ2n) is 4.71. The Morgan fingerprint density at radius 1 is 1.42 bits per heavy atom. The van der Waals surface area contributed by atoms with Crippen molar-refractivity contribution < 1.29 is 17.9 Å². The zero-order valence-electron chi connectivity index (χ0n) is 10.7. The Balaban J connectivity index is 2.79. The van der Waals surface area contributed by atoms with Crippen LogP contribution in [0.3, 0.4) is 0 Å². The monoisotopic (exact) mass is 309 g/mol. The lowest BCUT2D eigenvalue weighted by molar-refractivity contribution is 0.152. The zero-order chi connectivity index (χ0) is 14.6. The first-order chi connectivity index (χ1) is 8.72. The molecule has 0 aliphatic carbocycles. The van der Waals surface area contributed by atoms with E-state index in [1.807, 2.05) is 13.8 Å². The van der Waals surface area contributed by atoms with Crippen LogP contribution in [0.2, 0.25) is 5.02 Å². The van der Waals surface area contributed by atoms with Gasteiger partial charge in [0, 0.05) is 6.54 Å². The van der Waals surface area contributed by atoms with E-state index in [4.69, 9.17) is 11.6 Å². The van der Waals surface area contributed by atoms with Gasteiger partial charge in [-0.2, -0.15) is 0 Å². The van der Waals surface area contributed by atoms with Crippen molar-refractivity contribution in [3.63, 3.8) is 0 Å². The van der Waals surface area contributed by atoms with Gasteiger partial charge in [0.2, 0.25) is 10.0 Å². The molecule has 7 heteroatoms. The average molecular weight is 310 g/mol. The molecule has 0 spiro atoms. The molecular weight excluding hydrogens is 293 g/mol. The molecule has 1 aromatic carbocycles. The van der Waals surface area contributed by atoms with Crippen molar-refractivity contribution in [2.45, 2.75) is 31.3 Å². The van der Waals surface area contributed by atoms with Gasteiger partial charge in [-0.1, -0.05) is 25.4 Å². The molecule has 0 saturated heterocycles. The Morgan fingerprint density at radius 3 is 2.63 bits per heavy atom. The first kappa shape index (κ1) is 16.4. The molecule has 0 amide bonds. The van der Waals surface area contributed by atoms with E-state index in [1.54, 1.807) is 0 Å². The van der Waals surface area contributed by atoms with Gasteiger partial charge in [-0.25, -0.2) is 17.5 Å². The summed E-state index contributed by atoms with van der Waals surface area (Å²) in [7, 11) is -3.93. The van der Waals surface area contributed by atoms with E-state index in [0.29, 0.717) is 6.42 Å². The van der Waals surface area contributed by atoms with Gasteiger partial charge in [0.15, 0.2) is 0 Å². The Morgan fingerprint density at radius 2 is 2.05 bits per heavy atom. The molecule has 1 atom stereocenters. The average Bonchev–Trinajstić information content (AvgIpc) is 2.29. The zero-order valence-corrected chi connectivity index (χ0v) is 12.3. The lowest BCUT2D eigenvalue weighted by Gasteiger charge is -2.14. The number of hydrogen-bond donors (Lipinski definition) is 2. The van der Waals surface area contributed by atoms with Gasteiger partial charge >= 0.3 is 0 Å². The van der Waals surface area contributed by atoms with Crippen LogP contribution in [0.15, 0.2) is 23.1 Å². The maximum Gasteiger partial charge on any atom is 0.242 e.